The first-order chi connectivity index (χ1) is 9.77. The van der Waals surface area contributed by atoms with Crippen molar-refractivity contribution >= 4 is 11.4 Å². The van der Waals surface area contributed by atoms with Gasteiger partial charge < -0.3 is 15.7 Å². The topological polar surface area (TPSA) is 49.5 Å². The molecule has 2 aromatic rings. The lowest BCUT2D eigenvalue weighted by Crippen LogP contribution is -2.20. The number of rotatable bonds is 6. The summed E-state index contributed by atoms with van der Waals surface area (Å²) in [6.45, 7) is 3.52. The van der Waals surface area contributed by atoms with Crippen LogP contribution in [0.25, 0.3) is 0 Å². The average molecular weight is 270 g/mol. The van der Waals surface area contributed by atoms with Crippen LogP contribution >= 0.6 is 0 Å². The molecule has 0 aliphatic heterocycles. The Hall–Kier alpha value is -2.00. The van der Waals surface area contributed by atoms with Gasteiger partial charge in [0, 0.05) is 18.8 Å². The number of hydrogen-bond donors (Lipinski definition) is 2. The van der Waals surface area contributed by atoms with Crippen molar-refractivity contribution in [3.05, 3.63) is 54.1 Å². The predicted octanol–water partition coefficient (Wildman–Crippen LogP) is 3.79. The van der Waals surface area contributed by atoms with Crippen molar-refractivity contribution in [2.24, 2.45) is 5.73 Å². The second-order valence-corrected chi connectivity index (χ2v) is 4.83. The monoisotopic (exact) mass is 270 g/mol. The molecule has 0 amide bonds. The molecule has 0 aromatic heterocycles. The molecule has 0 saturated heterocycles. The third kappa shape index (κ3) is 3.11. The Kier molecular flexibility index (Phi) is 5.02. The Morgan fingerprint density at radius 1 is 1.00 bits per heavy atom. The maximum Gasteiger partial charge on any atom is 0.139 e. The highest BCUT2D eigenvalue weighted by atomic mass is 16.3. The first-order valence-corrected chi connectivity index (χ1v) is 7.11. The number of phenols is 1. The van der Waals surface area contributed by atoms with Gasteiger partial charge in [-0.05, 0) is 30.2 Å². The summed E-state index contributed by atoms with van der Waals surface area (Å²) in [6.07, 6.45) is 2.17. The van der Waals surface area contributed by atoms with E-state index in [-0.39, 0.29) is 0 Å². The zero-order valence-corrected chi connectivity index (χ0v) is 11.9. The van der Waals surface area contributed by atoms with E-state index in [1.54, 1.807) is 6.07 Å². The fourth-order valence-electron chi connectivity index (χ4n) is 2.33. The van der Waals surface area contributed by atoms with Crippen LogP contribution in [-0.2, 0) is 6.54 Å². The molecule has 2 aromatic carbocycles. The minimum absolute atomic E-state index is 0.301. The van der Waals surface area contributed by atoms with Gasteiger partial charge in [0.25, 0.3) is 0 Å². The normalized spacial score (nSPS) is 10.5. The fraction of sp³-hybridized carbons (Fsp3) is 0.294. The summed E-state index contributed by atoms with van der Waals surface area (Å²) in [5.41, 5.74) is 8.84. The number of nitrogens with zero attached hydrogens (tertiary/aromatic N) is 1. The summed E-state index contributed by atoms with van der Waals surface area (Å²) in [4.78, 5) is 2.15. The number of para-hydroxylation sites is 3. The van der Waals surface area contributed by atoms with Crippen LogP contribution < -0.4 is 10.6 Å². The van der Waals surface area contributed by atoms with E-state index in [0.717, 1.165) is 36.3 Å². The van der Waals surface area contributed by atoms with Gasteiger partial charge in [-0.2, -0.15) is 0 Å². The molecule has 3 heteroatoms. The Balaban J connectivity index is 2.44. The van der Waals surface area contributed by atoms with Crippen molar-refractivity contribution in [3.63, 3.8) is 0 Å². The van der Waals surface area contributed by atoms with E-state index >= 15 is 0 Å². The summed E-state index contributed by atoms with van der Waals surface area (Å²) in [5, 5.41) is 10.1. The lowest BCUT2D eigenvalue weighted by molar-refractivity contribution is 0.475. The number of phenolic OH excluding ortho intramolecular Hbond substituents is 1. The van der Waals surface area contributed by atoms with E-state index in [9.17, 15) is 5.11 Å². The van der Waals surface area contributed by atoms with Crippen LogP contribution in [0.3, 0.4) is 0 Å². The number of aromatic hydroxyl groups is 1. The quantitative estimate of drug-likeness (QED) is 0.839. The molecular weight excluding hydrogens is 248 g/mol. The Morgan fingerprint density at radius 2 is 1.65 bits per heavy atom. The van der Waals surface area contributed by atoms with Gasteiger partial charge in [-0.25, -0.2) is 0 Å². The van der Waals surface area contributed by atoms with E-state index in [1.165, 1.54) is 0 Å². The van der Waals surface area contributed by atoms with Crippen LogP contribution in [0, 0.1) is 0 Å². The molecule has 0 radical (unpaired) electrons. The molecule has 0 fully saturated rings. The first kappa shape index (κ1) is 14.4. The molecule has 0 heterocycles. The molecule has 0 aliphatic carbocycles. The number of nitrogens with two attached hydrogens (primary N) is 1. The largest absolute Gasteiger partial charge is 0.506 e. The van der Waals surface area contributed by atoms with E-state index in [4.69, 9.17) is 5.73 Å². The lowest BCUT2D eigenvalue weighted by atomic mass is 10.1. The van der Waals surface area contributed by atoms with E-state index in [0.29, 0.717) is 12.3 Å². The van der Waals surface area contributed by atoms with Crippen LogP contribution in [0.4, 0.5) is 11.4 Å². The minimum Gasteiger partial charge on any atom is -0.506 e. The Bertz CT molecular complexity index is 554. The molecule has 0 saturated carbocycles. The van der Waals surface area contributed by atoms with Gasteiger partial charge in [0.15, 0.2) is 0 Å². The van der Waals surface area contributed by atoms with Crippen LogP contribution in [0.5, 0.6) is 5.75 Å². The highest BCUT2D eigenvalue weighted by molar-refractivity contribution is 5.71. The first-order valence-electron chi connectivity index (χ1n) is 7.11. The molecule has 3 nitrogen and oxygen atoms in total. The zero-order chi connectivity index (χ0) is 14.4. The van der Waals surface area contributed by atoms with Gasteiger partial charge in [0.2, 0.25) is 0 Å². The molecule has 2 rings (SSSR count). The second-order valence-electron chi connectivity index (χ2n) is 4.83. The lowest BCUT2D eigenvalue weighted by Gasteiger charge is -2.27. The highest BCUT2D eigenvalue weighted by Crippen LogP contribution is 2.34. The zero-order valence-electron chi connectivity index (χ0n) is 11.9. The predicted molar refractivity (Wildman–Crippen MR) is 84.4 cm³/mol. The van der Waals surface area contributed by atoms with E-state index in [1.807, 2.05) is 36.4 Å². The van der Waals surface area contributed by atoms with E-state index < -0.39 is 0 Å². The minimum atomic E-state index is 0.301. The van der Waals surface area contributed by atoms with Crippen molar-refractivity contribution in [1.29, 1.82) is 0 Å². The van der Waals surface area contributed by atoms with Crippen molar-refractivity contribution in [2.45, 2.75) is 26.3 Å². The summed E-state index contributed by atoms with van der Waals surface area (Å²) in [7, 11) is 0. The van der Waals surface area contributed by atoms with Crippen molar-refractivity contribution in [3.8, 4) is 5.75 Å². The van der Waals surface area contributed by atoms with Crippen LogP contribution in [0.15, 0.2) is 48.5 Å². The summed E-state index contributed by atoms with van der Waals surface area (Å²) in [5.74, 6) is 0.301. The molecule has 20 heavy (non-hydrogen) atoms. The van der Waals surface area contributed by atoms with Gasteiger partial charge >= 0.3 is 0 Å². The molecular formula is C17H22N2O. The van der Waals surface area contributed by atoms with Gasteiger partial charge in [0.05, 0.1) is 5.69 Å². The number of benzene rings is 2. The SMILES string of the molecule is CCCCN(c1ccccc1O)c1ccccc1CN. The third-order valence-electron chi connectivity index (χ3n) is 3.41. The summed E-state index contributed by atoms with van der Waals surface area (Å²) in [6, 6.07) is 15.5. The molecule has 0 atom stereocenters. The van der Waals surface area contributed by atoms with Crippen LogP contribution in [0.1, 0.15) is 25.3 Å². The molecule has 0 bridgehead atoms. The third-order valence-corrected chi connectivity index (χ3v) is 3.41. The Morgan fingerprint density at radius 3 is 2.30 bits per heavy atom. The van der Waals surface area contributed by atoms with E-state index in [2.05, 4.69) is 17.9 Å². The second kappa shape index (κ2) is 6.96. The van der Waals surface area contributed by atoms with Gasteiger partial charge in [-0.3, -0.25) is 0 Å². The molecule has 0 spiro atoms. The van der Waals surface area contributed by atoms with Gasteiger partial charge in [0.1, 0.15) is 5.75 Å². The van der Waals surface area contributed by atoms with Crippen LogP contribution in [-0.4, -0.2) is 11.7 Å². The maximum atomic E-state index is 10.1. The summed E-state index contributed by atoms with van der Waals surface area (Å²) < 4.78 is 0. The van der Waals surface area contributed by atoms with Gasteiger partial charge in [-0.1, -0.05) is 43.7 Å². The van der Waals surface area contributed by atoms with Crippen molar-refractivity contribution in [1.82, 2.24) is 0 Å². The molecule has 0 aliphatic rings. The van der Waals surface area contributed by atoms with Crippen molar-refractivity contribution < 1.29 is 5.11 Å². The maximum absolute atomic E-state index is 10.1. The highest BCUT2D eigenvalue weighted by Gasteiger charge is 2.14. The number of unbranched alkanes of at least 4 members (excludes halogenated alkanes) is 1. The molecule has 106 valence electrons. The van der Waals surface area contributed by atoms with Crippen LogP contribution in [0.2, 0.25) is 0 Å². The smallest absolute Gasteiger partial charge is 0.139 e. The number of hydrogen-bond acceptors (Lipinski definition) is 3. The average Bonchev–Trinajstić information content (AvgIpc) is 2.49. The standard InChI is InChI=1S/C17H22N2O/c1-2-3-12-19(16-10-6-7-11-17(16)20)15-9-5-4-8-14(15)13-18/h4-11,20H,2-3,12-13,18H2,1H3. The fourth-order valence-corrected chi connectivity index (χ4v) is 2.33. The van der Waals surface area contributed by atoms with Crippen molar-refractivity contribution in [2.75, 3.05) is 11.4 Å². The van der Waals surface area contributed by atoms with Gasteiger partial charge in [-0.15, -0.1) is 0 Å². The number of anilines is 2. The molecule has 0 unspecified atom stereocenters. The Labute approximate surface area is 120 Å². The molecule has 3 N–H and O–H groups in total. The summed E-state index contributed by atoms with van der Waals surface area (Å²) >= 11 is 0.